The van der Waals surface area contributed by atoms with Gasteiger partial charge >= 0.3 is 5.97 Å². The van der Waals surface area contributed by atoms with E-state index in [0.717, 1.165) is 11.5 Å². The standard InChI is InChI=1S/C20H30O3Si/c1-16(24(5,6)18-10-8-7-9-11-18)17(15-21)12-13-23-19(22)14-20(2,3)4/h7-11,15,17H,1,12-14H2,2-6H3. The van der Waals surface area contributed by atoms with Crippen molar-refractivity contribution in [2.24, 2.45) is 11.3 Å². The van der Waals surface area contributed by atoms with Crippen LogP contribution in [0.1, 0.15) is 33.6 Å². The molecule has 0 radical (unpaired) electrons. The molecular formula is C20H30O3Si. The molecule has 0 amide bonds. The molecule has 132 valence electrons. The Bertz CT molecular complexity index is 570. The molecule has 1 atom stereocenters. The van der Waals surface area contributed by atoms with Gasteiger partial charge in [-0.1, -0.05) is 74.6 Å². The lowest BCUT2D eigenvalue weighted by molar-refractivity contribution is -0.146. The molecule has 1 unspecified atom stereocenters. The van der Waals surface area contributed by atoms with Crippen molar-refractivity contribution in [2.45, 2.75) is 46.7 Å². The van der Waals surface area contributed by atoms with Crippen LogP contribution in [0.15, 0.2) is 42.1 Å². The van der Waals surface area contributed by atoms with Crippen molar-refractivity contribution in [1.29, 1.82) is 0 Å². The zero-order chi connectivity index (χ0) is 18.4. The molecule has 0 aliphatic carbocycles. The molecule has 0 saturated carbocycles. The van der Waals surface area contributed by atoms with Crippen LogP contribution in [0, 0.1) is 11.3 Å². The summed E-state index contributed by atoms with van der Waals surface area (Å²) >= 11 is 0. The maximum atomic E-state index is 11.8. The SMILES string of the molecule is C=C(C(C=O)CCOC(=O)CC(C)(C)C)[Si](C)(C)c1ccccc1. The molecule has 4 heteroatoms. The number of ether oxygens (including phenoxy) is 1. The van der Waals surface area contributed by atoms with Crippen LogP contribution in [-0.4, -0.2) is 26.9 Å². The Morgan fingerprint density at radius 3 is 2.33 bits per heavy atom. The highest BCUT2D eigenvalue weighted by Gasteiger charge is 2.31. The third-order valence-electron chi connectivity index (χ3n) is 4.28. The van der Waals surface area contributed by atoms with E-state index in [1.165, 1.54) is 5.19 Å². The summed E-state index contributed by atoms with van der Waals surface area (Å²) in [6.45, 7) is 14.9. The van der Waals surface area contributed by atoms with Crippen molar-refractivity contribution in [2.75, 3.05) is 6.61 Å². The van der Waals surface area contributed by atoms with Gasteiger partial charge in [-0.3, -0.25) is 4.79 Å². The van der Waals surface area contributed by atoms with E-state index in [1.807, 2.05) is 39.0 Å². The summed E-state index contributed by atoms with van der Waals surface area (Å²) in [5.74, 6) is -0.480. The largest absolute Gasteiger partial charge is 0.466 e. The first-order chi connectivity index (χ1) is 11.1. The Morgan fingerprint density at radius 1 is 1.25 bits per heavy atom. The maximum absolute atomic E-state index is 11.8. The van der Waals surface area contributed by atoms with Gasteiger partial charge in [0.1, 0.15) is 14.4 Å². The number of benzene rings is 1. The number of carbonyl (C=O) groups is 2. The highest BCUT2D eigenvalue weighted by molar-refractivity contribution is 6.95. The van der Waals surface area contributed by atoms with Crippen LogP contribution in [0.4, 0.5) is 0 Å². The lowest BCUT2D eigenvalue weighted by Crippen LogP contribution is -2.46. The Balaban J connectivity index is 2.65. The molecule has 0 bridgehead atoms. The lowest BCUT2D eigenvalue weighted by Gasteiger charge is -2.29. The molecule has 0 aliphatic rings. The average molecular weight is 347 g/mol. The van der Waals surface area contributed by atoms with E-state index in [0.29, 0.717) is 12.8 Å². The summed E-state index contributed by atoms with van der Waals surface area (Å²) in [4.78, 5) is 23.3. The van der Waals surface area contributed by atoms with Crippen LogP contribution >= 0.6 is 0 Å². The van der Waals surface area contributed by atoms with E-state index in [2.05, 4.69) is 31.8 Å². The normalized spacial score (nSPS) is 13.2. The van der Waals surface area contributed by atoms with Gasteiger partial charge in [0.25, 0.3) is 0 Å². The predicted octanol–water partition coefficient (Wildman–Crippen LogP) is 3.88. The third-order valence-corrected chi connectivity index (χ3v) is 8.03. The zero-order valence-corrected chi connectivity index (χ0v) is 16.6. The number of rotatable bonds is 8. The first-order valence-electron chi connectivity index (χ1n) is 8.43. The average Bonchev–Trinajstić information content (AvgIpc) is 2.50. The molecule has 0 fully saturated rings. The van der Waals surface area contributed by atoms with Gasteiger partial charge in [0.2, 0.25) is 0 Å². The maximum Gasteiger partial charge on any atom is 0.306 e. The topological polar surface area (TPSA) is 43.4 Å². The molecule has 0 heterocycles. The van der Waals surface area contributed by atoms with Crippen LogP contribution in [0.3, 0.4) is 0 Å². The first-order valence-corrected chi connectivity index (χ1v) is 11.4. The summed E-state index contributed by atoms with van der Waals surface area (Å²) in [6, 6.07) is 10.2. The van der Waals surface area contributed by atoms with Crippen molar-refractivity contribution >= 4 is 25.5 Å². The van der Waals surface area contributed by atoms with Crippen LogP contribution in [0.25, 0.3) is 0 Å². The number of esters is 1. The Hall–Kier alpha value is -1.68. The summed E-state index contributed by atoms with van der Waals surface area (Å²) in [6.07, 6.45) is 1.82. The van der Waals surface area contributed by atoms with E-state index >= 15 is 0 Å². The van der Waals surface area contributed by atoms with Gasteiger partial charge in [0, 0.05) is 5.92 Å². The zero-order valence-electron chi connectivity index (χ0n) is 15.6. The molecule has 3 nitrogen and oxygen atoms in total. The number of carbonyl (C=O) groups excluding carboxylic acids is 2. The molecule has 0 N–H and O–H groups in total. The minimum Gasteiger partial charge on any atom is -0.466 e. The summed E-state index contributed by atoms with van der Waals surface area (Å²) in [5.41, 5.74) is -0.0903. The number of allylic oxidation sites excluding steroid dienone is 1. The highest BCUT2D eigenvalue weighted by atomic mass is 28.3. The number of hydrogen-bond donors (Lipinski definition) is 0. The van der Waals surface area contributed by atoms with Crippen molar-refractivity contribution in [3.8, 4) is 0 Å². The lowest BCUT2D eigenvalue weighted by atomic mass is 9.92. The molecule has 0 spiro atoms. The van der Waals surface area contributed by atoms with E-state index < -0.39 is 8.07 Å². The molecule has 24 heavy (non-hydrogen) atoms. The van der Waals surface area contributed by atoms with Gasteiger partial charge in [-0.25, -0.2) is 0 Å². The Kier molecular flexibility index (Phi) is 7.15. The second-order valence-electron chi connectivity index (χ2n) is 8.01. The van der Waals surface area contributed by atoms with Crippen LogP contribution in [0.2, 0.25) is 13.1 Å². The second kappa shape index (κ2) is 8.43. The molecule has 1 rings (SSSR count). The van der Waals surface area contributed by atoms with Crippen LogP contribution in [0.5, 0.6) is 0 Å². The monoisotopic (exact) mass is 346 g/mol. The molecular weight excluding hydrogens is 316 g/mol. The van der Waals surface area contributed by atoms with E-state index in [1.54, 1.807) is 0 Å². The summed E-state index contributed by atoms with van der Waals surface area (Å²) < 4.78 is 5.30. The van der Waals surface area contributed by atoms with Gasteiger partial charge < -0.3 is 9.53 Å². The molecule has 0 aliphatic heterocycles. The van der Waals surface area contributed by atoms with Gasteiger partial charge in [-0.15, -0.1) is 6.58 Å². The predicted molar refractivity (Wildman–Crippen MR) is 102 cm³/mol. The van der Waals surface area contributed by atoms with E-state index in [4.69, 9.17) is 4.74 Å². The number of aldehydes is 1. The molecule has 0 aromatic heterocycles. The van der Waals surface area contributed by atoms with E-state index in [-0.39, 0.29) is 23.9 Å². The molecule has 0 saturated heterocycles. The van der Waals surface area contributed by atoms with Gasteiger partial charge in [-0.2, -0.15) is 0 Å². The summed E-state index contributed by atoms with van der Waals surface area (Å²) in [7, 11) is -1.95. The smallest absolute Gasteiger partial charge is 0.306 e. The number of hydrogen-bond acceptors (Lipinski definition) is 3. The fourth-order valence-corrected chi connectivity index (χ4v) is 5.15. The Labute approximate surface area is 147 Å². The van der Waals surface area contributed by atoms with Crippen molar-refractivity contribution in [1.82, 2.24) is 0 Å². The van der Waals surface area contributed by atoms with Crippen LogP contribution < -0.4 is 5.19 Å². The van der Waals surface area contributed by atoms with Crippen LogP contribution in [-0.2, 0) is 14.3 Å². The summed E-state index contributed by atoms with van der Waals surface area (Å²) in [5, 5.41) is 2.24. The van der Waals surface area contributed by atoms with Gasteiger partial charge in [0.05, 0.1) is 13.0 Å². The minimum absolute atomic E-state index is 0.0903. The fraction of sp³-hybridized carbons (Fsp3) is 0.500. The van der Waals surface area contributed by atoms with Crippen molar-refractivity contribution < 1.29 is 14.3 Å². The first kappa shape index (κ1) is 20.4. The molecule has 1 aromatic rings. The van der Waals surface area contributed by atoms with Gasteiger partial charge in [0.15, 0.2) is 0 Å². The third kappa shape index (κ3) is 6.08. The van der Waals surface area contributed by atoms with Crippen molar-refractivity contribution in [3.63, 3.8) is 0 Å². The van der Waals surface area contributed by atoms with E-state index in [9.17, 15) is 9.59 Å². The second-order valence-corrected chi connectivity index (χ2v) is 12.5. The Morgan fingerprint density at radius 2 is 1.83 bits per heavy atom. The van der Waals surface area contributed by atoms with Crippen molar-refractivity contribution in [3.05, 3.63) is 42.1 Å². The fourth-order valence-electron chi connectivity index (χ4n) is 2.61. The highest BCUT2D eigenvalue weighted by Crippen LogP contribution is 2.23. The quantitative estimate of drug-likeness (QED) is 0.407. The van der Waals surface area contributed by atoms with Gasteiger partial charge in [-0.05, 0) is 11.8 Å². The minimum atomic E-state index is -1.95. The molecule has 1 aromatic carbocycles.